The lowest BCUT2D eigenvalue weighted by molar-refractivity contribution is -0.120. The molecule has 2 aliphatic heterocycles. The van der Waals surface area contributed by atoms with Gasteiger partial charge in [-0.2, -0.15) is 0 Å². The summed E-state index contributed by atoms with van der Waals surface area (Å²) in [5.74, 6) is 0.619. The number of nitrogens with zero attached hydrogens (tertiary/aromatic N) is 1. The Morgan fingerprint density at radius 1 is 1.28 bits per heavy atom. The lowest BCUT2D eigenvalue weighted by Gasteiger charge is -2.23. The average Bonchev–Trinajstić information content (AvgIpc) is 3.18. The topological polar surface area (TPSA) is 58.6 Å². The van der Waals surface area contributed by atoms with E-state index in [1.807, 2.05) is 30.3 Å². The molecule has 0 aliphatic carbocycles. The molecule has 1 fully saturated rings. The van der Waals surface area contributed by atoms with E-state index in [4.69, 9.17) is 4.74 Å². The summed E-state index contributed by atoms with van der Waals surface area (Å²) in [5.41, 5.74) is 1.66. The van der Waals surface area contributed by atoms with Gasteiger partial charge in [0.1, 0.15) is 5.75 Å². The van der Waals surface area contributed by atoms with Crippen LogP contribution in [0.5, 0.6) is 5.75 Å². The predicted octanol–water partition coefficient (Wildman–Crippen LogP) is 3.19. The van der Waals surface area contributed by atoms with Gasteiger partial charge < -0.3 is 15.0 Å². The average molecular weight is 401 g/mol. The van der Waals surface area contributed by atoms with E-state index in [1.165, 1.54) is 0 Å². The maximum absolute atomic E-state index is 12.8. The molecule has 2 aliphatic rings. The number of halogens is 1. The molecule has 5 nitrogen and oxygen atoms in total. The molecule has 1 atom stereocenters. The molecular formula is C19H17BrN2O3. The van der Waals surface area contributed by atoms with Crippen LogP contribution in [0.3, 0.4) is 0 Å². The molecule has 25 heavy (non-hydrogen) atoms. The maximum atomic E-state index is 12.8. The van der Waals surface area contributed by atoms with E-state index in [0.717, 1.165) is 15.7 Å². The van der Waals surface area contributed by atoms with Gasteiger partial charge >= 0.3 is 0 Å². The van der Waals surface area contributed by atoms with Crippen molar-refractivity contribution >= 4 is 33.4 Å². The molecule has 1 N–H and O–H groups in total. The molecule has 0 radical (unpaired) electrons. The van der Waals surface area contributed by atoms with E-state index >= 15 is 0 Å². The summed E-state index contributed by atoms with van der Waals surface area (Å²) in [6.07, 6.45) is 0.610. The first kappa shape index (κ1) is 16.1. The predicted molar refractivity (Wildman–Crippen MR) is 98.0 cm³/mol. The van der Waals surface area contributed by atoms with Gasteiger partial charge in [0.05, 0.1) is 12.5 Å². The van der Waals surface area contributed by atoms with Gasteiger partial charge in [0.2, 0.25) is 5.91 Å². The summed E-state index contributed by atoms with van der Waals surface area (Å²) in [7, 11) is 1.61. The Balaban J connectivity index is 1.66. The van der Waals surface area contributed by atoms with Crippen LogP contribution in [-0.2, 0) is 10.2 Å². The van der Waals surface area contributed by atoms with Crippen molar-refractivity contribution in [3.63, 3.8) is 0 Å². The van der Waals surface area contributed by atoms with Crippen molar-refractivity contribution in [2.24, 2.45) is 0 Å². The monoisotopic (exact) mass is 400 g/mol. The number of ether oxygens (including phenoxy) is 1. The molecule has 1 saturated heterocycles. The highest BCUT2D eigenvalue weighted by molar-refractivity contribution is 9.10. The van der Waals surface area contributed by atoms with Crippen LogP contribution in [0.25, 0.3) is 0 Å². The Morgan fingerprint density at radius 2 is 2.12 bits per heavy atom. The largest absolute Gasteiger partial charge is 0.497 e. The lowest BCUT2D eigenvalue weighted by atomic mass is 9.81. The van der Waals surface area contributed by atoms with Crippen LogP contribution < -0.4 is 10.1 Å². The first-order valence-electron chi connectivity index (χ1n) is 8.08. The zero-order valence-electron chi connectivity index (χ0n) is 13.7. The zero-order valence-corrected chi connectivity index (χ0v) is 15.3. The fraction of sp³-hybridized carbons (Fsp3) is 0.263. The number of carbonyl (C=O) groups is 2. The Kier molecular flexibility index (Phi) is 3.80. The van der Waals surface area contributed by atoms with Gasteiger partial charge in [0.15, 0.2) is 0 Å². The molecule has 6 heteroatoms. The van der Waals surface area contributed by atoms with Crippen molar-refractivity contribution in [1.82, 2.24) is 4.90 Å². The Labute approximate surface area is 154 Å². The summed E-state index contributed by atoms with van der Waals surface area (Å²) in [6.45, 7) is 0.930. The number of fused-ring (bicyclic) bond motifs is 2. The van der Waals surface area contributed by atoms with Crippen molar-refractivity contribution in [3.05, 3.63) is 58.1 Å². The zero-order chi connectivity index (χ0) is 17.6. The van der Waals surface area contributed by atoms with E-state index in [2.05, 4.69) is 21.2 Å². The van der Waals surface area contributed by atoms with Crippen molar-refractivity contribution < 1.29 is 14.3 Å². The smallest absolute Gasteiger partial charge is 0.253 e. The molecule has 1 spiro atoms. The number of hydrogen-bond donors (Lipinski definition) is 1. The molecule has 4 rings (SSSR count). The van der Waals surface area contributed by atoms with Crippen LogP contribution in [0.15, 0.2) is 46.9 Å². The van der Waals surface area contributed by atoms with Gasteiger partial charge in [-0.05, 0) is 48.4 Å². The minimum Gasteiger partial charge on any atom is -0.497 e. The molecule has 2 amide bonds. The quantitative estimate of drug-likeness (QED) is 0.841. The van der Waals surface area contributed by atoms with E-state index in [1.54, 1.807) is 24.1 Å². The number of likely N-dealkylation sites (tertiary alicyclic amines) is 1. The number of benzene rings is 2. The molecule has 2 aromatic carbocycles. The highest BCUT2D eigenvalue weighted by Crippen LogP contribution is 2.45. The van der Waals surface area contributed by atoms with Gasteiger partial charge in [0.25, 0.3) is 5.91 Å². The number of rotatable bonds is 2. The molecule has 2 heterocycles. The van der Waals surface area contributed by atoms with E-state index in [0.29, 0.717) is 30.8 Å². The second-order valence-corrected chi connectivity index (χ2v) is 7.35. The third-order valence-corrected chi connectivity index (χ3v) is 5.55. The van der Waals surface area contributed by atoms with Crippen molar-refractivity contribution in [2.45, 2.75) is 11.8 Å². The number of amides is 2. The second-order valence-electron chi connectivity index (χ2n) is 6.43. The number of nitrogens with one attached hydrogen (secondary N) is 1. The van der Waals surface area contributed by atoms with Gasteiger partial charge in [-0.25, -0.2) is 0 Å². The number of methoxy groups -OCH3 is 1. The van der Waals surface area contributed by atoms with Crippen LogP contribution >= 0.6 is 15.9 Å². The Bertz CT molecular complexity index is 883. The third-order valence-electron chi connectivity index (χ3n) is 5.05. The third kappa shape index (κ3) is 2.52. The first-order valence-corrected chi connectivity index (χ1v) is 8.88. The molecule has 0 bridgehead atoms. The summed E-state index contributed by atoms with van der Waals surface area (Å²) in [5, 5.41) is 2.95. The summed E-state index contributed by atoms with van der Waals surface area (Å²) >= 11 is 3.40. The van der Waals surface area contributed by atoms with Gasteiger partial charge in [0, 0.05) is 28.8 Å². The van der Waals surface area contributed by atoms with Gasteiger partial charge in [-0.3, -0.25) is 9.59 Å². The fourth-order valence-electron chi connectivity index (χ4n) is 3.71. The van der Waals surface area contributed by atoms with Gasteiger partial charge in [-0.1, -0.05) is 22.0 Å². The highest BCUT2D eigenvalue weighted by Gasteiger charge is 2.52. The van der Waals surface area contributed by atoms with E-state index in [-0.39, 0.29) is 11.8 Å². The molecule has 0 saturated carbocycles. The normalized spacial score (nSPS) is 21.4. The molecule has 2 aromatic rings. The molecule has 128 valence electrons. The maximum Gasteiger partial charge on any atom is 0.253 e. The highest BCUT2D eigenvalue weighted by atomic mass is 79.9. The Hall–Kier alpha value is -2.34. The minimum absolute atomic E-state index is 0.0414. The Morgan fingerprint density at radius 3 is 2.88 bits per heavy atom. The minimum atomic E-state index is -0.689. The summed E-state index contributed by atoms with van der Waals surface area (Å²) in [6, 6.07) is 12.9. The van der Waals surface area contributed by atoms with E-state index < -0.39 is 5.41 Å². The van der Waals surface area contributed by atoms with Crippen LogP contribution in [0.1, 0.15) is 22.3 Å². The second kappa shape index (κ2) is 5.88. The molecule has 0 aromatic heterocycles. The van der Waals surface area contributed by atoms with Crippen molar-refractivity contribution in [1.29, 1.82) is 0 Å². The summed E-state index contributed by atoms with van der Waals surface area (Å²) in [4.78, 5) is 27.3. The van der Waals surface area contributed by atoms with Crippen LogP contribution in [0, 0.1) is 0 Å². The standard InChI is InChI=1S/C19H17BrN2O3/c1-25-14-5-6-16-15(10-14)19(18(24)21-16)7-8-22(11-19)17(23)12-3-2-4-13(20)9-12/h2-6,9-10H,7-8,11H2,1H3,(H,21,24)/t19-/m0/s1. The number of anilines is 1. The lowest BCUT2D eigenvalue weighted by Crippen LogP contribution is -2.39. The summed E-state index contributed by atoms with van der Waals surface area (Å²) < 4.78 is 6.17. The van der Waals surface area contributed by atoms with Crippen LogP contribution in [0.4, 0.5) is 5.69 Å². The molecule has 0 unspecified atom stereocenters. The van der Waals surface area contributed by atoms with Crippen LogP contribution in [0.2, 0.25) is 0 Å². The SMILES string of the molecule is COc1ccc2c(c1)[C@@]1(CCN(C(=O)c3cccc(Br)c3)C1)C(=O)N2. The van der Waals surface area contributed by atoms with E-state index in [9.17, 15) is 9.59 Å². The van der Waals surface area contributed by atoms with Crippen molar-refractivity contribution in [3.8, 4) is 5.75 Å². The first-order chi connectivity index (χ1) is 12.0. The van der Waals surface area contributed by atoms with Crippen LogP contribution in [-0.4, -0.2) is 36.9 Å². The fourth-order valence-corrected chi connectivity index (χ4v) is 4.11. The number of carbonyl (C=O) groups excluding carboxylic acids is 2. The van der Waals surface area contributed by atoms with Gasteiger partial charge in [-0.15, -0.1) is 0 Å². The number of hydrogen-bond acceptors (Lipinski definition) is 3. The van der Waals surface area contributed by atoms with Crippen molar-refractivity contribution in [2.75, 3.05) is 25.5 Å². The molecular weight excluding hydrogens is 384 g/mol.